The summed E-state index contributed by atoms with van der Waals surface area (Å²) in [4.78, 5) is 24.8. The normalized spacial score (nSPS) is 11.4. The molecule has 1 amide bonds. The number of carbonyl (C=O) groups excluding carboxylic acids is 2. The Balaban J connectivity index is 2.14. The van der Waals surface area contributed by atoms with Gasteiger partial charge in [0.1, 0.15) is 0 Å². The maximum atomic E-state index is 12.5. The number of rotatable bonds is 6. The van der Waals surface area contributed by atoms with Crippen LogP contribution in [0.3, 0.4) is 0 Å². The number of nitrogens with zero attached hydrogens (tertiary/aromatic N) is 1. The van der Waals surface area contributed by atoms with E-state index in [1.165, 1.54) is 26.2 Å². The smallest absolute Gasteiger partial charge is 0.340 e. The molecule has 0 atom stereocenters. The zero-order valence-corrected chi connectivity index (χ0v) is 23.4. The third-order valence-electron chi connectivity index (χ3n) is 4.01. The number of ether oxygens (including phenoxy) is 1. The van der Waals surface area contributed by atoms with Crippen LogP contribution in [0.2, 0.25) is 0 Å². The third kappa shape index (κ3) is 5.74. The van der Waals surface area contributed by atoms with Crippen LogP contribution in [-0.2, 0) is 19.6 Å². The summed E-state index contributed by atoms with van der Waals surface area (Å²) in [6.45, 7) is 1.20. The van der Waals surface area contributed by atoms with Gasteiger partial charge in [-0.25, -0.2) is 17.5 Å². The Bertz CT molecular complexity index is 1120. The quantitative estimate of drug-likeness (QED) is 0.264. The van der Waals surface area contributed by atoms with Gasteiger partial charge in [-0.05, 0) is 98.5 Å². The SMILES string of the molecule is Cc1ccc(S(=O)(=O)N(C)C)cc1NC(=O)COC(=O)c1c(I)cc(I)c(N)c1I. The minimum atomic E-state index is -3.65. The number of benzene rings is 2. The predicted octanol–water partition coefficient (Wildman–Crippen LogP) is 3.44. The van der Waals surface area contributed by atoms with Crippen molar-refractivity contribution >= 4 is 101 Å². The Morgan fingerprint density at radius 2 is 1.77 bits per heavy atom. The molecule has 0 bridgehead atoms. The molecule has 0 saturated carbocycles. The molecule has 30 heavy (non-hydrogen) atoms. The average molecular weight is 769 g/mol. The van der Waals surface area contributed by atoms with Gasteiger partial charge in [-0.2, -0.15) is 0 Å². The molecular weight excluding hydrogens is 751 g/mol. The third-order valence-corrected chi connectivity index (χ3v) is 8.68. The first-order chi connectivity index (χ1) is 13.9. The fraction of sp³-hybridized carbons (Fsp3) is 0.222. The lowest BCUT2D eigenvalue weighted by atomic mass is 10.2. The van der Waals surface area contributed by atoms with Gasteiger partial charge in [0, 0.05) is 26.9 Å². The largest absolute Gasteiger partial charge is 0.452 e. The van der Waals surface area contributed by atoms with Crippen LogP contribution < -0.4 is 11.1 Å². The van der Waals surface area contributed by atoms with E-state index in [4.69, 9.17) is 10.5 Å². The van der Waals surface area contributed by atoms with Gasteiger partial charge < -0.3 is 15.8 Å². The van der Waals surface area contributed by atoms with Crippen molar-refractivity contribution in [1.29, 1.82) is 0 Å². The average Bonchev–Trinajstić information content (AvgIpc) is 2.66. The predicted molar refractivity (Wildman–Crippen MR) is 140 cm³/mol. The number of anilines is 2. The van der Waals surface area contributed by atoms with Crippen molar-refractivity contribution in [2.45, 2.75) is 11.8 Å². The highest BCUT2D eigenvalue weighted by atomic mass is 127. The molecule has 2 aromatic carbocycles. The Morgan fingerprint density at radius 1 is 1.13 bits per heavy atom. The number of halogens is 3. The summed E-state index contributed by atoms with van der Waals surface area (Å²) in [6, 6.07) is 6.19. The number of nitrogens with two attached hydrogens (primary N) is 1. The second-order valence-electron chi connectivity index (χ2n) is 6.33. The molecule has 12 heteroatoms. The monoisotopic (exact) mass is 769 g/mol. The van der Waals surface area contributed by atoms with Crippen LogP contribution in [0.15, 0.2) is 29.2 Å². The van der Waals surface area contributed by atoms with E-state index in [2.05, 4.69) is 27.9 Å². The second kappa shape index (κ2) is 10.3. The van der Waals surface area contributed by atoms with Crippen LogP contribution in [-0.4, -0.2) is 45.3 Å². The lowest BCUT2D eigenvalue weighted by molar-refractivity contribution is -0.119. The Labute approximate surface area is 215 Å². The summed E-state index contributed by atoms with van der Waals surface area (Å²) in [7, 11) is -0.801. The van der Waals surface area contributed by atoms with Gasteiger partial charge in [-0.3, -0.25) is 4.79 Å². The zero-order valence-electron chi connectivity index (χ0n) is 16.1. The van der Waals surface area contributed by atoms with Crippen LogP contribution in [0.4, 0.5) is 11.4 Å². The molecule has 0 heterocycles. The minimum absolute atomic E-state index is 0.0452. The molecule has 8 nitrogen and oxygen atoms in total. The molecule has 0 unspecified atom stereocenters. The molecule has 0 radical (unpaired) electrons. The van der Waals surface area contributed by atoms with Gasteiger partial charge >= 0.3 is 5.97 Å². The summed E-state index contributed by atoms with van der Waals surface area (Å²) in [5, 5.41) is 2.59. The van der Waals surface area contributed by atoms with Crippen LogP contribution >= 0.6 is 67.8 Å². The molecule has 2 aromatic rings. The lowest BCUT2D eigenvalue weighted by Crippen LogP contribution is -2.24. The molecule has 0 aromatic heterocycles. The van der Waals surface area contributed by atoms with Crippen molar-refractivity contribution in [3.8, 4) is 0 Å². The molecule has 2 rings (SSSR count). The van der Waals surface area contributed by atoms with E-state index < -0.39 is 28.5 Å². The summed E-state index contributed by atoms with van der Waals surface area (Å²) in [5.41, 5.74) is 7.74. The zero-order chi connectivity index (χ0) is 22.8. The molecule has 0 saturated heterocycles. The number of aryl methyl sites for hydroxylation is 1. The second-order valence-corrected chi connectivity index (χ2v) is 11.9. The maximum Gasteiger partial charge on any atom is 0.340 e. The van der Waals surface area contributed by atoms with Crippen molar-refractivity contribution in [3.63, 3.8) is 0 Å². The molecule has 0 fully saturated rings. The van der Waals surface area contributed by atoms with E-state index in [0.717, 1.165) is 7.88 Å². The van der Waals surface area contributed by atoms with Crippen LogP contribution in [0.1, 0.15) is 15.9 Å². The van der Waals surface area contributed by atoms with E-state index in [9.17, 15) is 18.0 Å². The van der Waals surface area contributed by atoms with Gasteiger partial charge in [-0.1, -0.05) is 6.07 Å². The fourth-order valence-corrected chi connectivity index (χ4v) is 7.03. The molecule has 0 aliphatic heterocycles. The first-order valence-electron chi connectivity index (χ1n) is 8.29. The van der Waals surface area contributed by atoms with Gasteiger partial charge in [-0.15, -0.1) is 0 Å². The Kier molecular flexibility index (Phi) is 8.74. The number of esters is 1. The molecule has 0 spiro atoms. The van der Waals surface area contributed by atoms with Gasteiger partial charge in [0.2, 0.25) is 10.0 Å². The van der Waals surface area contributed by atoms with Crippen LogP contribution in [0.25, 0.3) is 0 Å². The standard InChI is InChI=1S/C18H18I3N3O5S/c1-9-4-5-10(30(27,28)24(2)3)6-13(9)23-14(25)8-29-18(26)15-11(19)7-12(20)17(22)16(15)21/h4-7H,8,22H2,1-3H3,(H,23,25). The molecule has 3 N–H and O–H groups in total. The summed E-state index contributed by atoms with van der Waals surface area (Å²) < 4.78 is 32.9. The van der Waals surface area contributed by atoms with Crippen molar-refractivity contribution in [2.24, 2.45) is 0 Å². The van der Waals surface area contributed by atoms with Crippen LogP contribution in [0, 0.1) is 17.6 Å². The van der Waals surface area contributed by atoms with Crippen molar-refractivity contribution in [1.82, 2.24) is 4.31 Å². The van der Waals surface area contributed by atoms with Crippen LogP contribution in [0.5, 0.6) is 0 Å². The molecular formula is C18H18I3N3O5S. The molecule has 162 valence electrons. The number of hydrogen-bond acceptors (Lipinski definition) is 6. The molecule has 0 aliphatic rings. The lowest BCUT2D eigenvalue weighted by Gasteiger charge is -2.15. The van der Waals surface area contributed by atoms with E-state index in [1.807, 2.05) is 45.2 Å². The number of nitrogen functional groups attached to an aromatic ring is 1. The highest BCUT2D eigenvalue weighted by molar-refractivity contribution is 14.1. The summed E-state index contributed by atoms with van der Waals surface area (Å²) in [6.07, 6.45) is 0. The van der Waals surface area contributed by atoms with E-state index in [0.29, 0.717) is 29.6 Å². The highest BCUT2D eigenvalue weighted by Gasteiger charge is 2.22. The fourth-order valence-electron chi connectivity index (χ4n) is 2.29. The first kappa shape index (κ1) is 25.5. The number of amides is 1. The highest BCUT2D eigenvalue weighted by Crippen LogP contribution is 2.30. The van der Waals surface area contributed by atoms with Crippen molar-refractivity contribution in [2.75, 3.05) is 31.8 Å². The van der Waals surface area contributed by atoms with E-state index in [1.54, 1.807) is 19.1 Å². The Hall–Kier alpha value is -0.720. The summed E-state index contributed by atoms with van der Waals surface area (Å²) in [5.74, 6) is -1.25. The van der Waals surface area contributed by atoms with Gasteiger partial charge in [0.15, 0.2) is 6.61 Å². The van der Waals surface area contributed by atoms with E-state index in [-0.39, 0.29) is 4.90 Å². The number of sulfonamides is 1. The summed E-state index contributed by atoms with van der Waals surface area (Å²) >= 11 is 6.06. The van der Waals surface area contributed by atoms with Gasteiger partial charge in [0.25, 0.3) is 5.91 Å². The first-order valence-corrected chi connectivity index (χ1v) is 13.0. The number of hydrogen-bond donors (Lipinski definition) is 2. The van der Waals surface area contributed by atoms with Gasteiger partial charge in [0.05, 0.1) is 19.7 Å². The Morgan fingerprint density at radius 3 is 2.37 bits per heavy atom. The number of nitrogens with one attached hydrogen (secondary N) is 1. The van der Waals surface area contributed by atoms with Crippen molar-refractivity contribution < 1.29 is 22.7 Å². The number of carbonyl (C=O) groups is 2. The minimum Gasteiger partial charge on any atom is -0.452 e. The maximum absolute atomic E-state index is 12.5. The topological polar surface area (TPSA) is 119 Å². The van der Waals surface area contributed by atoms with Crippen molar-refractivity contribution in [3.05, 3.63) is 46.1 Å². The van der Waals surface area contributed by atoms with E-state index >= 15 is 0 Å². The molecule has 0 aliphatic carbocycles.